The number of rotatable bonds is 4. The van der Waals surface area contributed by atoms with Crippen molar-refractivity contribution in [3.05, 3.63) is 137 Å². The Morgan fingerprint density at radius 2 is 1.44 bits per heavy atom. The molecule has 4 heteroatoms. The number of aliphatic imine (C=N–C) groups is 1. The SMILES string of the molecule is Clc1cccc2ccc(CC3c4ccccc4N=C(c4ccccc4)N3c3ccccc3)nc12. The second-order valence-corrected chi connectivity index (χ2v) is 8.81. The largest absolute Gasteiger partial charge is 0.318 e. The number of hydrogen-bond acceptors (Lipinski definition) is 3. The molecule has 0 fully saturated rings. The van der Waals surface area contributed by atoms with Crippen LogP contribution in [0.15, 0.2) is 120 Å². The number of hydrogen-bond donors (Lipinski definition) is 0. The molecule has 2 heterocycles. The third-order valence-electron chi connectivity index (χ3n) is 6.26. The van der Waals surface area contributed by atoms with Crippen LogP contribution >= 0.6 is 11.6 Å². The number of amidine groups is 1. The summed E-state index contributed by atoms with van der Waals surface area (Å²) in [5.74, 6) is 0.939. The summed E-state index contributed by atoms with van der Waals surface area (Å²) in [6.45, 7) is 0. The minimum Gasteiger partial charge on any atom is -0.318 e. The average molecular weight is 460 g/mol. The summed E-state index contributed by atoms with van der Waals surface area (Å²) >= 11 is 6.49. The average Bonchev–Trinajstić information content (AvgIpc) is 2.90. The van der Waals surface area contributed by atoms with Gasteiger partial charge in [-0.1, -0.05) is 96.5 Å². The summed E-state index contributed by atoms with van der Waals surface area (Å²) in [6, 6.07) is 39.4. The summed E-state index contributed by atoms with van der Waals surface area (Å²) < 4.78 is 0. The Hall–Kier alpha value is -3.95. The van der Waals surface area contributed by atoms with Crippen LogP contribution in [0.3, 0.4) is 0 Å². The van der Waals surface area contributed by atoms with Crippen LogP contribution in [0.25, 0.3) is 10.9 Å². The Labute approximate surface area is 204 Å². The highest BCUT2D eigenvalue weighted by molar-refractivity contribution is 6.35. The molecule has 0 aliphatic carbocycles. The standard InChI is InChI=1S/C30H22ClN3/c31-26-16-9-12-21-18-19-23(32-29(21)26)20-28-25-15-7-8-17-27(25)33-30(22-10-3-1-4-11-22)34(28)24-13-5-2-6-14-24/h1-19,28H,20H2. The molecule has 164 valence electrons. The molecule has 0 spiro atoms. The fourth-order valence-electron chi connectivity index (χ4n) is 4.67. The molecule has 0 saturated carbocycles. The summed E-state index contributed by atoms with van der Waals surface area (Å²) in [4.78, 5) is 12.4. The van der Waals surface area contributed by atoms with Crippen LogP contribution in [0.4, 0.5) is 11.4 Å². The van der Waals surface area contributed by atoms with Crippen molar-refractivity contribution in [3.63, 3.8) is 0 Å². The molecular formula is C30H22ClN3. The third kappa shape index (κ3) is 3.74. The fraction of sp³-hybridized carbons (Fsp3) is 0.0667. The summed E-state index contributed by atoms with van der Waals surface area (Å²) in [6.07, 6.45) is 0.721. The van der Waals surface area contributed by atoms with Gasteiger partial charge in [-0.3, -0.25) is 4.98 Å². The zero-order valence-electron chi connectivity index (χ0n) is 18.5. The Morgan fingerprint density at radius 3 is 2.26 bits per heavy atom. The van der Waals surface area contributed by atoms with Crippen molar-refractivity contribution in [2.75, 3.05) is 4.90 Å². The molecule has 3 nitrogen and oxygen atoms in total. The number of anilines is 1. The maximum atomic E-state index is 6.49. The van der Waals surface area contributed by atoms with Crippen molar-refractivity contribution in [2.24, 2.45) is 4.99 Å². The zero-order chi connectivity index (χ0) is 22.9. The smallest absolute Gasteiger partial charge is 0.141 e. The first-order chi connectivity index (χ1) is 16.8. The normalized spacial score (nSPS) is 15.1. The topological polar surface area (TPSA) is 28.5 Å². The van der Waals surface area contributed by atoms with E-state index in [0.29, 0.717) is 5.02 Å². The number of pyridine rings is 1. The van der Waals surface area contributed by atoms with Crippen molar-refractivity contribution >= 4 is 39.7 Å². The maximum Gasteiger partial charge on any atom is 0.141 e. The Morgan fingerprint density at radius 1 is 0.706 bits per heavy atom. The lowest BCUT2D eigenvalue weighted by Gasteiger charge is -2.38. The van der Waals surface area contributed by atoms with Crippen LogP contribution in [0, 0.1) is 0 Å². The molecule has 1 atom stereocenters. The van der Waals surface area contributed by atoms with Crippen molar-refractivity contribution in [3.8, 4) is 0 Å². The van der Waals surface area contributed by atoms with E-state index in [0.717, 1.165) is 45.8 Å². The van der Waals surface area contributed by atoms with Gasteiger partial charge in [-0.2, -0.15) is 0 Å². The van der Waals surface area contributed by atoms with Gasteiger partial charge in [0, 0.05) is 34.3 Å². The molecule has 34 heavy (non-hydrogen) atoms. The molecule has 5 aromatic rings. The van der Waals surface area contributed by atoms with E-state index < -0.39 is 0 Å². The van der Waals surface area contributed by atoms with Crippen LogP contribution in [-0.2, 0) is 6.42 Å². The molecule has 0 radical (unpaired) electrons. The number of benzene rings is 4. The molecule has 6 rings (SSSR count). The van der Waals surface area contributed by atoms with Gasteiger partial charge in [0.2, 0.25) is 0 Å². The van der Waals surface area contributed by atoms with Crippen LogP contribution in [0.1, 0.15) is 22.9 Å². The lowest BCUT2D eigenvalue weighted by Crippen LogP contribution is -2.39. The minimum absolute atomic E-state index is 0.0266. The molecule has 0 bridgehead atoms. The van der Waals surface area contributed by atoms with Crippen molar-refractivity contribution in [1.82, 2.24) is 4.98 Å². The first-order valence-electron chi connectivity index (χ1n) is 11.4. The van der Waals surface area contributed by atoms with Gasteiger partial charge in [-0.15, -0.1) is 0 Å². The van der Waals surface area contributed by atoms with Crippen molar-refractivity contribution in [2.45, 2.75) is 12.5 Å². The Kier molecular flexibility index (Phi) is 5.32. The van der Waals surface area contributed by atoms with E-state index in [2.05, 4.69) is 83.8 Å². The summed E-state index contributed by atoms with van der Waals surface area (Å²) in [5, 5.41) is 1.72. The van der Waals surface area contributed by atoms with Crippen LogP contribution in [-0.4, -0.2) is 10.8 Å². The van der Waals surface area contributed by atoms with Crippen molar-refractivity contribution < 1.29 is 0 Å². The summed E-state index contributed by atoms with van der Waals surface area (Å²) in [7, 11) is 0. The zero-order valence-corrected chi connectivity index (χ0v) is 19.2. The number of aromatic nitrogens is 1. The second kappa shape index (κ2) is 8.77. The lowest BCUT2D eigenvalue weighted by atomic mass is 9.94. The van der Waals surface area contributed by atoms with Gasteiger partial charge in [0.25, 0.3) is 0 Å². The summed E-state index contributed by atoms with van der Waals surface area (Å²) in [5.41, 5.74) is 6.21. The molecule has 1 unspecified atom stereocenters. The molecule has 1 aliphatic rings. The van der Waals surface area contributed by atoms with Crippen molar-refractivity contribution in [1.29, 1.82) is 0 Å². The Bertz CT molecular complexity index is 1500. The van der Waals surface area contributed by atoms with Crippen LogP contribution in [0.2, 0.25) is 5.02 Å². The number of halogens is 1. The van der Waals surface area contributed by atoms with Gasteiger partial charge in [-0.05, 0) is 30.3 Å². The molecule has 1 aliphatic heterocycles. The van der Waals surface area contributed by atoms with Gasteiger partial charge in [0.15, 0.2) is 0 Å². The first-order valence-corrected chi connectivity index (χ1v) is 11.8. The van der Waals surface area contributed by atoms with Gasteiger partial charge >= 0.3 is 0 Å². The first kappa shape index (κ1) is 20.6. The minimum atomic E-state index is 0.0266. The molecule has 0 saturated heterocycles. The van der Waals surface area contributed by atoms with E-state index in [1.165, 1.54) is 5.56 Å². The van der Waals surface area contributed by atoms with E-state index in [-0.39, 0.29) is 6.04 Å². The van der Waals surface area contributed by atoms with Crippen LogP contribution in [0.5, 0.6) is 0 Å². The monoisotopic (exact) mass is 459 g/mol. The van der Waals surface area contributed by atoms with Gasteiger partial charge in [-0.25, -0.2) is 4.99 Å². The lowest BCUT2D eigenvalue weighted by molar-refractivity contribution is 0.687. The van der Waals surface area contributed by atoms with E-state index in [1.807, 2.05) is 36.4 Å². The van der Waals surface area contributed by atoms with Gasteiger partial charge < -0.3 is 4.90 Å². The maximum absolute atomic E-state index is 6.49. The molecule has 0 N–H and O–H groups in total. The highest BCUT2D eigenvalue weighted by Gasteiger charge is 2.32. The molecular weight excluding hydrogens is 438 g/mol. The van der Waals surface area contributed by atoms with E-state index in [4.69, 9.17) is 21.6 Å². The van der Waals surface area contributed by atoms with E-state index in [9.17, 15) is 0 Å². The fourth-order valence-corrected chi connectivity index (χ4v) is 4.90. The highest BCUT2D eigenvalue weighted by atomic mass is 35.5. The van der Waals surface area contributed by atoms with E-state index in [1.54, 1.807) is 0 Å². The molecule has 0 amide bonds. The number of nitrogens with zero attached hydrogens (tertiary/aromatic N) is 3. The third-order valence-corrected chi connectivity index (χ3v) is 6.56. The predicted octanol–water partition coefficient (Wildman–Crippen LogP) is 7.77. The molecule has 1 aromatic heterocycles. The number of para-hydroxylation sites is 3. The quantitative estimate of drug-likeness (QED) is 0.274. The second-order valence-electron chi connectivity index (χ2n) is 8.40. The van der Waals surface area contributed by atoms with Gasteiger partial charge in [0.05, 0.1) is 22.3 Å². The Balaban J connectivity index is 1.53. The van der Waals surface area contributed by atoms with Crippen LogP contribution < -0.4 is 4.90 Å². The highest BCUT2D eigenvalue weighted by Crippen LogP contribution is 2.41. The predicted molar refractivity (Wildman–Crippen MR) is 141 cm³/mol. The number of fused-ring (bicyclic) bond motifs is 2. The molecule has 4 aromatic carbocycles. The van der Waals surface area contributed by atoms with E-state index >= 15 is 0 Å². The van der Waals surface area contributed by atoms with Gasteiger partial charge in [0.1, 0.15) is 5.84 Å².